The molecule has 1 heterocycles. The summed E-state index contributed by atoms with van der Waals surface area (Å²) in [5.74, 6) is 0. The highest BCUT2D eigenvalue weighted by atomic mass is 16.5. The number of pyridine rings is 1. The van der Waals surface area contributed by atoms with Crippen molar-refractivity contribution < 1.29 is 9.84 Å². The van der Waals surface area contributed by atoms with E-state index < -0.39 is 0 Å². The van der Waals surface area contributed by atoms with Gasteiger partial charge in [-0.25, -0.2) is 0 Å². The number of aromatic nitrogens is 1. The zero-order chi connectivity index (χ0) is 14.4. The number of rotatable bonds is 7. The molecule has 2 atom stereocenters. The molecule has 1 aromatic heterocycles. The van der Waals surface area contributed by atoms with Gasteiger partial charge in [0.15, 0.2) is 0 Å². The number of nitrogens with one attached hydrogen (secondary N) is 1. The lowest BCUT2D eigenvalue weighted by Crippen LogP contribution is -2.36. The van der Waals surface area contributed by atoms with Crippen LogP contribution in [0.15, 0.2) is 6.07 Å². The van der Waals surface area contributed by atoms with Gasteiger partial charge in [-0.1, -0.05) is 0 Å². The van der Waals surface area contributed by atoms with Crippen LogP contribution in [0.3, 0.4) is 0 Å². The highest BCUT2D eigenvalue weighted by molar-refractivity contribution is 5.33. The number of aryl methyl sites for hydroxylation is 3. The summed E-state index contributed by atoms with van der Waals surface area (Å²) < 4.78 is 5.18. The van der Waals surface area contributed by atoms with Crippen LogP contribution in [0, 0.1) is 20.8 Å². The number of ether oxygens (including phenoxy) is 1. The van der Waals surface area contributed by atoms with Crippen LogP contribution >= 0.6 is 0 Å². The Hall–Kier alpha value is -0.970. The van der Waals surface area contributed by atoms with Crippen molar-refractivity contribution in [2.24, 2.45) is 0 Å². The Morgan fingerprint density at radius 2 is 2.05 bits per heavy atom. The molecule has 1 rings (SSSR count). The van der Waals surface area contributed by atoms with Crippen molar-refractivity contribution >= 4 is 0 Å². The summed E-state index contributed by atoms with van der Waals surface area (Å²) in [4.78, 5) is 4.53. The molecule has 0 aliphatic heterocycles. The lowest BCUT2D eigenvalue weighted by molar-refractivity contribution is 0.143. The van der Waals surface area contributed by atoms with Gasteiger partial charge in [-0.05, 0) is 51.3 Å². The number of aliphatic hydroxyl groups excluding tert-OH is 1. The maximum absolute atomic E-state index is 9.08. The van der Waals surface area contributed by atoms with Crippen LogP contribution in [0.2, 0.25) is 0 Å². The summed E-state index contributed by atoms with van der Waals surface area (Å²) >= 11 is 0. The summed E-state index contributed by atoms with van der Waals surface area (Å²) in [6, 6.07) is 2.46. The predicted octanol–water partition coefficient (Wildman–Crippen LogP) is 2.05. The Balaban J connectivity index is 2.84. The van der Waals surface area contributed by atoms with Crippen molar-refractivity contribution in [2.75, 3.05) is 20.3 Å². The third-order valence-corrected chi connectivity index (χ3v) is 3.35. The summed E-state index contributed by atoms with van der Waals surface area (Å²) in [7, 11) is 1.68. The van der Waals surface area contributed by atoms with Crippen LogP contribution in [-0.4, -0.2) is 36.5 Å². The first kappa shape index (κ1) is 16.1. The van der Waals surface area contributed by atoms with Crippen LogP contribution in [-0.2, 0) is 4.74 Å². The first-order chi connectivity index (χ1) is 8.99. The number of hydrogen-bond acceptors (Lipinski definition) is 4. The number of hydrogen-bond donors (Lipinski definition) is 2. The molecule has 0 bridgehead atoms. The van der Waals surface area contributed by atoms with Crippen molar-refractivity contribution in [3.05, 3.63) is 28.6 Å². The van der Waals surface area contributed by atoms with Gasteiger partial charge in [-0.2, -0.15) is 0 Å². The Morgan fingerprint density at radius 1 is 1.37 bits per heavy atom. The minimum atomic E-state index is 0.158. The fourth-order valence-electron chi connectivity index (χ4n) is 2.70. The number of methoxy groups -OCH3 is 1. The van der Waals surface area contributed by atoms with E-state index in [1.807, 2.05) is 13.8 Å². The first-order valence-electron chi connectivity index (χ1n) is 6.80. The standard InChI is InChI=1S/C15H26N2O2/c1-10-8-11(2)16-12(3)15(10)13(4)17-14(6-7-18)9-19-5/h8,13-14,17-18H,6-7,9H2,1-5H3. The normalized spacial score (nSPS) is 14.4. The van der Waals surface area contributed by atoms with Gasteiger partial charge in [0, 0.05) is 37.2 Å². The molecule has 19 heavy (non-hydrogen) atoms. The van der Waals surface area contributed by atoms with E-state index in [4.69, 9.17) is 9.84 Å². The van der Waals surface area contributed by atoms with E-state index in [9.17, 15) is 0 Å². The summed E-state index contributed by atoms with van der Waals surface area (Å²) in [5, 5.41) is 12.6. The van der Waals surface area contributed by atoms with E-state index >= 15 is 0 Å². The van der Waals surface area contributed by atoms with Gasteiger partial charge in [0.25, 0.3) is 0 Å². The maximum atomic E-state index is 9.08. The van der Waals surface area contributed by atoms with Crippen LogP contribution in [0.4, 0.5) is 0 Å². The molecule has 108 valence electrons. The summed E-state index contributed by atoms with van der Waals surface area (Å²) in [6.07, 6.45) is 0.690. The molecule has 0 saturated carbocycles. The van der Waals surface area contributed by atoms with E-state index in [1.54, 1.807) is 7.11 Å². The topological polar surface area (TPSA) is 54.4 Å². The minimum absolute atomic E-state index is 0.158. The van der Waals surface area contributed by atoms with Gasteiger partial charge < -0.3 is 15.2 Å². The van der Waals surface area contributed by atoms with Gasteiger partial charge in [-0.15, -0.1) is 0 Å². The average Bonchev–Trinajstić information content (AvgIpc) is 2.27. The molecule has 0 aliphatic rings. The monoisotopic (exact) mass is 266 g/mol. The quantitative estimate of drug-likeness (QED) is 0.793. The molecule has 0 fully saturated rings. The molecule has 2 N–H and O–H groups in total. The van der Waals surface area contributed by atoms with Crippen LogP contribution in [0.5, 0.6) is 0 Å². The zero-order valence-electron chi connectivity index (χ0n) is 12.7. The molecule has 1 aromatic rings. The van der Waals surface area contributed by atoms with Gasteiger partial charge in [0.2, 0.25) is 0 Å². The fraction of sp³-hybridized carbons (Fsp3) is 0.667. The van der Waals surface area contributed by atoms with E-state index in [1.165, 1.54) is 11.1 Å². The zero-order valence-corrected chi connectivity index (χ0v) is 12.7. The second-order valence-electron chi connectivity index (χ2n) is 5.13. The Kier molecular flexibility index (Phi) is 6.42. The van der Waals surface area contributed by atoms with Crippen molar-refractivity contribution in [2.45, 2.75) is 46.2 Å². The average molecular weight is 266 g/mol. The van der Waals surface area contributed by atoms with E-state index in [2.05, 4.69) is 30.2 Å². The molecule has 4 heteroatoms. The van der Waals surface area contributed by atoms with E-state index in [0.717, 1.165) is 11.4 Å². The Labute approximate surface area is 116 Å². The van der Waals surface area contributed by atoms with Gasteiger partial charge in [-0.3, -0.25) is 4.98 Å². The van der Waals surface area contributed by atoms with Gasteiger partial charge in [0.05, 0.1) is 6.61 Å². The summed E-state index contributed by atoms with van der Waals surface area (Å²) in [5.41, 5.74) is 4.61. The van der Waals surface area contributed by atoms with E-state index in [-0.39, 0.29) is 18.7 Å². The molecule has 0 aliphatic carbocycles. The number of aliphatic hydroxyl groups is 1. The third-order valence-electron chi connectivity index (χ3n) is 3.35. The van der Waals surface area contributed by atoms with Crippen molar-refractivity contribution in [1.29, 1.82) is 0 Å². The van der Waals surface area contributed by atoms with Gasteiger partial charge in [0.1, 0.15) is 0 Å². The molecule has 0 amide bonds. The van der Waals surface area contributed by atoms with Crippen LogP contribution in [0.25, 0.3) is 0 Å². The van der Waals surface area contributed by atoms with Crippen molar-refractivity contribution in [3.63, 3.8) is 0 Å². The minimum Gasteiger partial charge on any atom is -0.396 e. The lowest BCUT2D eigenvalue weighted by atomic mass is 9.99. The van der Waals surface area contributed by atoms with Crippen molar-refractivity contribution in [3.8, 4) is 0 Å². The third kappa shape index (κ3) is 4.56. The predicted molar refractivity (Wildman–Crippen MR) is 77.4 cm³/mol. The van der Waals surface area contributed by atoms with Crippen molar-refractivity contribution in [1.82, 2.24) is 10.3 Å². The smallest absolute Gasteiger partial charge is 0.0616 e. The van der Waals surface area contributed by atoms with E-state index in [0.29, 0.717) is 13.0 Å². The second-order valence-corrected chi connectivity index (χ2v) is 5.13. The SMILES string of the molecule is COCC(CCO)NC(C)c1c(C)cc(C)nc1C. The fourth-order valence-corrected chi connectivity index (χ4v) is 2.70. The van der Waals surface area contributed by atoms with Crippen LogP contribution < -0.4 is 5.32 Å². The molecule has 0 aromatic carbocycles. The molecule has 0 spiro atoms. The molecule has 0 radical (unpaired) electrons. The molecule has 0 saturated heterocycles. The lowest BCUT2D eigenvalue weighted by Gasteiger charge is -2.25. The second kappa shape index (κ2) is 7.58. The largest absolute Gasteiger partial charge is 0.396 e. The first-order valence-corrected chi connectivity index (χ1v) is 6.80. The highest BCUT2D eigenvalue weighted by Gasteiger charge is 2.17. The summed E-state index contributed by atoms with van der Waals surface area (Å²) in [6.45, 7) is 9.07. The molecular weight excluding hydrogens is 240 g/mol. The Morgan fingerprint density at radius 3 is 2.58 bits per heavy atom. The van der Waals surface area contributed by atoms with Gasteiger partial charge >= 0.3 is 0 Å². The molecule has 4 nitrogen and oxygen atoms in total. The highest BCUT2D eigenvalue weighted by Crippen LogP contribution is 2.21. The molecule has 2 unspecified atom stereocenters. The maximum Gasteiger partial charge on any atom is 0.0616 e. The molecular formula is C15H26N2O2. The van der Waals surface area contributed by atoms with Crippen LogP contribution in [0.1, 0.15) is 41.9 Å². The number of nitrogens with zero attached hydrogens (tertiary/aromatic N) is 1. The Bertz CT molecular complexity index is 378.